The van der Waals surface area contributed by atoms with Gasteiger partial charge in [0.2, 0.25) is 0 Å². The minimum Gasteiger partial charge on any atom is -0.361 e. The van der Waals surface area contributed by atoms with Crippen molar-refractivity contribution in [3.63, 3.8) is 0 Å². The van der Waals surface area contributed by atoms with Crippen molar-refractivity contribution in [3.8, 4) is 0 Å². The standard InChI is InChI=1S/C13H22N2O2/c1-7-10-11(8(2)17-15-10)12(16)14-9(3)13(4,5)6/h9H,7H2,1-6H3,(H,14,16). The molecule has 0 aliphatic rings. The van der Waals surface area contributed by atoms with E-state index in [2.05, 4.69) is 31.2 Å². The Morgan fingerprint density at radius 2 is 2.06 bits per heavy atom. The quantitative estimate of drug-likeness (QED) is 0.880. The van der Waals surface area contributed by atoms with Crippen molar-refractivity contribution in [3.05, 3.63) is 17.0 Å². The van der Waals surface area contributed by atoms with Crippen LogP contribution in [-0.2, 0) is 6.42 Å². The molecule has 1 heterocycles. The first-order valence-corrected chi connectivity index (χ1v) is 6.03. The first-order chi connectivity index (χ1) is 7.77. The molecular formula is C13H22N2O2. The number of carbonyl (C=O) groups is 1. The van der Waals surface area contributed by atoms with E-state index in [0.717, 1.165) is 5.69 Å². The van der Waals surface area contributed by atoms with Crippen LogP contribution in [0.2, 0.25) is 0 Å². The molecule has 0 aliphatic heterocycles. The predicted octanol–water partition coefficient (Wildman–Crippen LogP) is 2.71. The van der Waals surface area contributed by atoms with Crippen molar-refractivity contribution in [2.45, 2.75) is 54.0 Å². The fourth-order valence-corrected chi connectivity index (χ4v) is 1.44. The van der Waals surface area contributed by atoms with Crippen molar-refractivity contribution >= 4 is 5.91 Å². The van der Waals surface area contributed by atoms with E-state index in [-0.39, 0.29) is 17.4 Å². The molecule has 0 saturated heterocycles. The monoisotopic (exact) mass is 238 g/mol. The predicted molar refractivity (Wildman–Crippen MR) is 67.0 cm³/mol. The van der Waals surface area contributed by atoms with Gasteiger partial charge in [0.15, 0.2) is 0 Å². The summed E-state index contributed by atoms with van der Waals surface area (Å²) in [6.45, 7) is 12.0. The molecule has 1 unspecified atom stereocenters. The molecule has 1 atom stereocenters. The second kappa shape index (κ2) is 4.90. The maximum Gasteiger partial charge on any atom is 0.257 e. The lowest BCUT2D eigenvalue weighted by Gasteiger charge is -2.28. The van der Waals surface area contributed by atoms with Crippen LogP contribution in [0, 0.1) is 12.3 Å². The van der Waals surface area contributed by atoms with Crippen LogP contribution in [0.1, 0.15) is 56.4 Å². The zero-order chi connectivity index (χ0) is 13.2. The summed E-state index contributed by atoms with van der Waals surface area (Å²) in [7, 11) is 0. The number of aromatic nitrogens is 1. The maximum absolute atomic E-state index is 12.2. The Labute approximate surface area is 103 Å². The van der Waals surface area contributed by atoms with E-state index in [4.69, 9.17) is 4.52 Å². The molecule has 0 spiro atoms. The minimum atomic E-state index is -0.0944. The Morgan fingerprint density at radius 3 is 2.53 bits per heavy atom. The van der Waals surface area contributed by atoms with E-state index in [1.807, 2.05) is 13.8 Å². The molecule has 17 heavy (non-hydrogen) atoms. The van der Waals surface area contributed by atoms with Gasteiger partial charge >= 0.3 is 0 Å². The molecule has 1 aromatic heterocycles. The van der Waals surface area contributed by atoms with Gasteiger partial charge in [-0.15, -0.1) is 0 Å². The zero-order valence-corrected chi connectivity index (χ0v) is 11.5. The van der Waals surface area contributed by atoms with Crippen molar-refractivity contribution in [2.75, 3.05) is 0 Å². The number of rotatable bonds is 3. The van der Waals surface area contributed by atoms with Crippen molar-refractivity contribution in [1.82, 2.24) is 10.5 Å². The second-order valence-electron chi connectivity index (χ2n) is 5.48. The molecular weight excluding hydrogens is 216 g/mol. The Morgan fingerprint density at radius 1 is 1.47 bits per heavy atom. The number of hydrogen-bond acceptors (Lipinski definition) is 3. The minimum absolute atomic E-state index is 0.0348. The Kier molecular flexibility index (Phi) is 3.96. The average Bonchev–Trinajstić information content (AvgIpc) is 2.57. The largest absolute Gasteiger partial charge is 0.361 e. The van der Waals surface area contributed by atoms with Gasteiger partial charge < -0.3 is 9.84 Å². The second-order valence-corrected chi connectivity index (χ2v) is 5.48. The summed E-state index contributed by atoms with van der Waals surface area (Å²) in [5.74, 6) is 0.489. The number of carbonyl (C=O) groups excluding carboxylic acids is 1. The van der Waals surface area contributed by atoms with Gasteiger partial charge in [-0.1, -0.05) is 32.9 Å². The Hall–Kier alpha value is -1.32. The zero-order valence-electron chi connectivity index (χ0n) is 11.5. The number of nitrogens with zero attached hydrogens (tertiary/aromatic N) is 1. The number of aryl methyl sites for hydroxylation is 2. The molecule has 4 nitrogen and oxygen atoms in total. The van der Waals surface area contributed by atoms with E-state index in [1.165, 1.54) is 0 Å². The van der Waals surface area contributed by atoms with Gasteiger partial charge in [-0.2, -0.15) is 0 Å². The number of hydrogen-bond donors (Lipinski definition) is 1. The topological polar surface area (TPSA) is 55.1 Å². The van der Waals surface area contributed by atoms with Crippen LogP contribution in [0.5, 0.6) is 0 Å². The van der Waals surface area contributed by atoms with E-state index >= 15 is 0 Å². The smallest absolute Gasteiger partial charge is 0.257 e. The summed E-state index contributed by atoms with van der Waals surface area (Å²) in [4.78, 5) is 12.2. The molecule has 4 heteroatoms. The molecule has 96 valence electrons. The summed E-state index contributed by atoms with van der Waals surface area (Å²) < 4.78 is 5.06. The molecule has 0 bridgehead atoms. The Bertz CT molecular complexity index is 402. The lowest BCUT2D eigenvalue weighted by atomic mass is 9.88. The van der Waals surface area contributed by atoms with Crippen molar-refractivity contribution in [1.29, 1.82) is 0 Å². The SMILES string of the molecule is CCc1noc(C)c1C(=O)NC(C)C(C)(C)C. The van der Waals surface area contributed by atoms with Gasteiger partial charge in [0.1, 0.15) is 11.3 Å². The van der Waals surface area contributed by atoms with Crippen molar-refractivity contribution in [2.24, 2.45) is 5.41 Å². The molecule has 1 rings (SSSR count). The lowest BCUT2D eigenvalue weighted by molar-refractivity contribution is 0.0908. The number of amides is 1. The lowest BCUT2D eigenvalue weighted by Crippen LogP contribution is -2.41. The van der Waals surface area contributed by atoms with E-state index < -0.39 is 0 Å². The highest BCUT2D eigenvalue weighted by Gasteiger charge is 2.25. The van der Waals surface area contributed by atoms with Crippen LogP contribution in [0.25, 0.3) is 0 Å². The van der Waals surface area contributed by atoms with Crippen LogP contribution >= 0.6 is 0 Å². The molecule has 0 aliphatic carbocycles. The van der Waals surface area contributed by atoms with Gasteiger partial charge in [-0.05, 0) is 25.7 Å². The maximum atomic E-state index is 12.2. The first kappa shape index (κ1) is 13.7. The van der Waals surface area contributed by atoms with Gasteiger partial charge in [0, 0.05) is 6.04 Å². The third-order valence-corrected chi connectivity index (χ3v) is 3.14. The van der Waals surface area contributed by atoms with Gasteiger partial charge in [-0.3, -0.25) is 4.79 Å². The molecule has 0 radical (unpaired) electrons. The molecule has 1 amide bonds. The first-order valence-electron chi connectivity index (χ1n) is 6.03. The van der Waals surface area contributed by atoms with E-state index in [9.17, 15) is 4.79 Å². The third-order valence-electron chi connectivity index (χ3n) is 3.14. The van der Waals surface area contributed by atoms with E-state index in [1.54, 1.807) is 6.92 Å². The molecule has 0 aromatic carbocycles. The average molecular weight is 238 g/mol. The Balaban J connectivity index is 2.87. The normalized spacial score (nSPS) is 13.5. The summed E-state index contributed by atoms with van der Waals surface area (Å²) in [6, 6.07) is 0.0917. The van der Waals surface area contributed by atoms with Crippen LogP contribution in [0.3, 0.4) is 0 Å². The fraction of sp³-hybridized carbons (Fsp3) is 0.692. The van der Waals surface area contributed by atoms with Crippen molar-refractivity contribution < 1.29 is 9.32 Å². The van der Waals surface area contributed by atoms with Gasteiger partial charge in [0.05, 0.1) is 5.69 Å². The molecule has 0 fully saturated rings. The molecule has 1 N–H and O–H groups in total. The van der Waals surface area contributed by atoms with Crippen LogP contribution in [-0.4, -0.2) is 17.1 Å². The fourth-order valence-electron chi connectivity index (χ4n) is 1.44. The van der Waals surface area contributed by atoms with Crippen LogP contribution in [0.15, 0.2) is 4.52 Å². The summed E-state index contributed by atoms with van der Waals surface area (Å²) in [5, 5.41) is 6.89. The van der Waals surface area contributed by atoms with Gasteiger partial charge in [-0.25, -0.2) is 0 Å². The molecule has 1 aromatic rings. The van der Waals surface area contributed by atoms with Crippen LogP contribution in [0.4, 0.5) is 0 Å². The molecule has 0 saturated carbocycles. The van der Waals surface area contributed by atoms with Crippen LogP contribution < -0.4 is 5.32 Å². The summed E-state index contributed by atoms with van der Waals surface area (Å²) >= 11 is 0. The summed E-state index contributed by atoms with van der Waals surface area (Å²) in [6.07, 6.45) is 0.698. The third kappa shape index (κ3) is 3.08. The summed E-state index contributed by atoms with van der Waals surface area (Å²) in [5.41, 5.74) is 1.34. The van der Waals surface area contributed by atoms with E-state index in [0.29, 0.717) is 17.7 Å². The number of nitrogens with one attached hydrogen (secondary N) is 1. The highest BCUT2D eigenvalue weighted by Crippen LogP contribution is 2.20. The van der Waals surface area contributed by atoms with Gasteiger partial charge in [0.25, 0.3) is 5.91 Å². The highest BCUT2D eigenvalue weighted by molar-refractivity contribution is 5.96. The highest BCUT2D eigenvalue weighted by atomic mass is 16.5.